The molecule has 0 spiro atoms. The number of H-pyrrole nitrogens is 1. The van der Waals surface area contributed by atoms with Gasteiger partial charge in [0.1, 0.15) is 5.75 Å². The second-order valence-corrected chi connectivity index (χ2v) is 4.20. The minimum Gasteiger partial charge on any atom is -0.491 e. The monoisotopic (exact) mass is 233 g/mol. The Morgan fingerprint density at radius 1 is 1.35 bits per heavy atom. The van der Waals surface area contributed by atoms with Gasteiger partial charge in [-0.25, -0.2) is 0 Å². The van der Waals surface area contributed by atoms with E-state index in [0.717, 1.165) is 16.7 Å². The summed E-state index contributed by atoms with van der Waals surface area (Å²) in [5.74, 6) is 0.753. The van der Waals surface area contributed by atoms with Crippen molar-refractivity contribution in [2.75, 3.05) is 0 Å². The first-order valence-corrected chi connectivity index (χ1v) is 5.53. The van der Waals surface area contributed by atoms with Gasteiger partial charge in [-0.3, -0.25) is 4.79 Å². The molecule has 0 fully saturated rings. The summed E-state index contributed by atoms with van der Waals surface area (Å²) in [6.07, 6.45) is 0.104. The molecule has 0 bridgehead atoms. The smallest absolute Gasteiger partial charge is 0.253 e. The quantitative estimate of drug-likeness (QED) is 0.849. The molecule has 0 aliphatic heterocycles. The van der Waals surface area contributed by atoms with Gasteiger partial charge >= 0.3 is 0 Å². The van der Waals surface area contributed by atoms with Crippen LogP contribution in [0.25, 0.3) is 10.9 Å². The van der Waals surface area contributed by atoms with Crippen LogP contribution in [0.3, 0.4) is 0 Å². The van der Waals surface area contributed by atoms with Gasteiger partial charge in [0.15, 0.2) is 0 Å². The van der Waals surface area contributed by atoms with E-state index in [-0.39, 0.29) is 18.3 Å². The number of fused-ring (bicyclic) bond motifs is 1. The zero-order valence-electron chi connectivity index (χ0n) is 9.86. The second kappa shape index (κ2) is 4.59. The SMILES string of the molecule is CC(C)Oc1ccc2[nH]c(=O)c(CO)cc2c1. The minimum absolute atomic E-state index is 0.104. The lowest BCUT2D eigenvalue weighted by Gasteiger charge is -2.10. The molecule has 4 nitrogen and oxygen atoms in total. The lowest BCUT2D eigenvalue weighted by Crippen LogP contribution is -2.12. The predicted molar refractivity (Wildman–Crippen MR) is 66.3 cm³/mol. The average molecular weight is 233 g/mol. The van der Waals surface area contributed by atoms with Gasteiger partial charge in [-0.2, -0.15) is 0 Å². The molecule has 17 heavy (non-hydrogen) atoms. The molecule has 2 aromatic rings. The van der Waals surface area contributed by atoms with Crippen LogP contribution >= 0.6 is 0 Å². The summed E-state index contributed by atoms with van der Waals surface area (Å²) in [5, 5.41) is 9.89. The number of pyridine rings is 1. The van der Waals surface area contributed by atoms with Crippen molar-refractivity contribution in [3.05, 3.63) is 40.2 Å². The number of aliphatic hydroxyl groups is 1. The van der Waals surface area contributed by atoms with Crippen molar-refractivity contribution in [2.24, 2.45) is 0 Å². The van der Waals surface area contributed by atoms with Crippen LogP contribution in [0.15, 0.2) is 29.1 Å². The summed E-state index contributed by atoms with van der Waals surface area (Å²) in [7, 11) is 0. The van der Waals surface area contributed by atoms with Gasteiger partial charge in [-0.05, 0) is 38.1 Å². The number of aromatic nitrogens is 1. The Kier molecular flexibility index (Phi) is 3.15. The summed E-state index contributed by atoms with van der Waals surface area (Å²) >= 11 is 0. The van der Waals surface area contributed by atoms with Crippen LogP contribution in [0, 0.1) is 0 Å². The van der Waals surface area contributed by atoms with Crippen LogP contribution in [0.5, 0.6) is 5.75 Å². The molecule has 0 saturated heterocycles. The van der Waals surface area contributed by atoms with Gasteiger partial charge in [-0.15, -0.1) is 0 Å². The predicted octanol–water partition coefficient (Wildman–Crippen LogP) is 1.81. The van der Waals surface area contributed by atoms with Gasteiger partial charge in [0, 0.05) is 16.5 Å². The molecule has 1 aromatic carbocycles. The van der Waals surface area contributed by atoms with Crippen molar-refractivity contribution < 1.29 is 9.84 Å². The number of benzene rings is 1. The number of rotatable bonds is 3. The fourth-order valence-corrected chi connectivity index (χ4v) is 1.69. The summed E-state index contributed by atoms with van der Waals surface area (Å²) < 4.78 is 5.57. The lowest BCUT2D eigenvalue weighted by atomic mass is 10.1. The van der Waals surface area contributed by atoms with Crippen molar-refractivity contribution in [3.63, 3.8) is 0 Å². The largest absolute Gasteiger partial charge is 0.491 e. The van der Waals surface area contributed by atoms with Crippen LogP contribution in [-0.4, -0.2) is 16.2 Å². The molecule has 1 heterocycles. The third-order valence-corrected chi connectivity index (χ3v) is 2.43. The molecule has 90 valence electrons. The second-order valence-electron chi connectivity index (χ2n) is 4.20. The van der Waals surface area contributed by atoms with E-state index in [1.165, 1.54) is 0 Å². The molecule has 0 atom stereocenters. The first-order chi connectivity index (χ1) is 8.10. The normalized spacial score (nSPS) is 11.1. The van der Waals surface area contributed by atoms with E-state index in [1.807, 2.05) is 26.0 Å². The molecule has 1 aromatic heterocycles. The van der Waals surface area contributed by atoms with Crippen molar-refractivity contribution in [2.45, 2.75) is 26.6 Å². The maximum Gasteiger partial charge on any atom is 0.253 e. The van der Waals surface area contributed by atoms with Crippen LogP contribution in [0.4, 0.5) is 0 Å². The molecule has 2 rings (SSSR count). The third-order valence-electron chi connectivity index (χ3n) is 2.43. The van der Waals surface area contributed by atoms with Crippen LogP contribution in [0.2, 0.25) is 0 Å². The van der Waals surface area contributed by atoms with E-state index >= 15 is 0 Å². The third kappa shape index (κ3) is 2.47. The lowest BCUT2D eigenvalue weighted by molar-refractivity contribution is 0.242. The van der Waals surface area contributed by atoms with Crippen LogP contribution in [0.1, 0.15) is 19.4 Å². The van der Waals surface area contributed by atoms with E-state index in [1.54, 1.807) is 12.1 Å². The molecule has 0 saturated carbocycles. The Labute approximate surface area is 98.9 Å². The van der Waals surface area contributed by atoms with Crippen LogP contribution < -0.4 is 10.3 Å². The highest BCUT2D eigenvalue weighted by Gasteiger charge is 2.04. The van der Waals surface area contributed by atoms with Gasteiger partial charge < -0.3 is 14.8 Å². The van der Waals surface area contributed by atoms with Gasteiger partial charge in [0.2, 0.25) is 0 Å². The van der Waals surface area contributed by atoms with Gasteiger partial charge in [0.25, 0.3) is 5.56 Å². The molecule has 2 N–H and O–H groups in total. The molecule has 0 radical (unpaired) electrons. The summed E-state index contributed by atoms with van der Waals surface area (Å²) in [6, 6.07) is 7.15. The zero-order chi connectivity index (χ0) is 12.4. The first kappa shape index (κ1) is 11.7. The minimum atomic E-state index is -0.263. The van der Waals surface area contributed by atoms with Crippen LogP contribution in [-0.2, 0) is 6.61 Å². The summed E-state index contributed by atoms with van der Waals surface area (Å²) in [5.41, 5.74) is 0.847. The molecule has 0 amide bonds. The maximum atomic E-state index is 11.5. The maximum absolute atomic E-state index is 11.5. The first-order valence-electron chi connectivity index (χ1n) is 5.53. The molecule has 4 heteroatoms. The Morgan fingerprint density at radius 2 is 2.12 bits per heavy atom. The molecule has 0 unspecified atom stereocenters. The van der Waals surface area contributed by atoms with E-state index in [9.17, 15) is 4.79 Å². The zero-order valence-corrected chi connectivity index (χ0v) is 9.86. The van der Waals surface area contributed by atoms with E-state index < -0.39 is 0 Å². The highest BCUT2D eigenvalue weighted by molar-refractivity contribution is 5.80. The average Bonchev–Trinajstić information content (AvgIpc) is 2.28. The Morgan fingerprint density at radius 3 is 2.76 bits per heavy atom. The highest BCUT2D eigenvalue weighted by Crippen LogP contribution is 2.20. The number of hydrogen-bond donors (Lipinski definition) is 2. The van der Waals surface area contributed by atoms with Gasteiger partial charge in [0.05, 0.1) is 12.7 Å². The van der Waals surface area contributed by atoms with Gasteiger partial charge in [-0.1, -0.05) is 0 Å². The molecule has 0 aliphatic carbocycles. The summed E-state index contributed by atoms with van der Waals surface area (Å²) in [6.45, 7) is 3.65. The number of hydrogen-bond acceptors (Lipinski definition) is 3. The number of nitrogens with one attached hydrogen (secondary N) is 1. The number of ether oxygens (including phenoxy) is 1. The summed E-state index contributed by atoms with van der Waals surface area (Å²) in [4.78, 5) is 14.2. The molecular weight excluding hydrogens is 218 g/mol. The van der Waals surface area contributed by atoms with Crippen molar-refractivity contribution in [3.8, 4) is 5.75 Å². The topological polar surface area (TPSA) is 62.3 Å². The molecular formula is C13H15NO3. The van der Waals surface area contributed by atoms with E-state index in [4.69, 9.17) is 9.84 Å². The Bertz CT molecular complexity index is 587. The Balaban J connectivity index is 2.52. The van der Waals surface area contributed by atoms with E-state index in [0.29, 0.717) is 5.56 Å². The molecule has 0 aliphatic rings. The van der Waals surface area contributed by atoms with E-state index in [2.05, 4.69) is 4.98 Å². The van der Waals surface area contributed by atoms with Crippen molar-refractivity contribution in [1.82, 2.24) is 4.98 Å². The van der Waals surface area contributed by atoms with Crippen molar-refractivity contribution >= 4 is 10.9 Å². The standard InChI is InChI=1S/C13H15NO3/c1-8(2)17-11-3-4-12-9(6-11)5-10(7-15)13(16)14-12/h3-6,8,15H,7H2,1-2H3,(H,14,16). The Hall–Kier alpha value is -1.81. The fraction of sp³-hybridized carbons (Fsp3) is 0.308. The number of aromatic amines is 1. The fourth-order valence-electron chi connectivity index (χ4n) is 1.69. The van der Waals surface area contributed by atoms with Crippen molar-refractivity contribution in [1.29, 1.82) is 0 Å². The number of aliphatic hydroxyl groups excluding tert-OH is 1. The highest BCUT2D eigenvalue weighted by atomic mass is 16.5.